The van der Waals surface area contributed by atoms with Gasteiger partial charge in [-0.05, 0) is 76.9 Å². The van der Waals surface area contributed by atoms with Crippen LogP contribution in [0.2, 0.25) is 0 Å². The van der Waals surface area contributed by atoms with Crippen LogP contribution in [-0.2, 0) is 9.47 Å². The molecular formula is C29H33N5O4. The summed E-state index contributed by atoms with van der Waals surface area (Å²) in [4.78, 5) is 36.2. The van der Waals surface area contributed by atoms with Gasteiger partial charge in [0.25, 0.3) is 0 Å². The maximum atomic E-state index is 12.2. The van der Waals surface area contributed by atoms with E-state index in [0.29, 0.717) is 17.7 Å². The van der Waals surface area contributed by atoms with E-state index < -0.39 is 5.60 Å². The quantitative estimate of drug-likeness (QED) is 0.363. The lowest BCUT2D eigenvalue weighted by Gasteiger charge is -2.34. The van der Waals surface area contributed by atoms with E-state index in [9.17, 15) is 9.59 Å². The van der Waals surface area contributed by atoms with Gasteiger partial charge in [0.05, 0.1) is 34.4 Å². The Hall–Kier alpha value is -4.14. The number of hydrogen-bond acceptors (Lipinski definition) is 7. The van der Waals surface area contributed by atoms with Crippen LogP contribution in [0.5, 0.6) is 0 Å². The van der Waals surface area contributed by atoms with Crippen LogP contribution in [0, 0.1) is 0 Å². The summed E-state index contributed by atoms with van der Waals surface area (Å²) in [6.07, 6.45) is 3.01. The number of anilines is 1. The molecule has 0 saturated carbocycles. The first-order chi connectivity index (χ1) is 18.2. The minimum atomic E-state index is -0.513. The van der Waals surface area contributed by atoms with Crippen molar-refractivity contribution in [3.63, 3.8) is 0 Å². The molecule has 1 saturated heterocycles. The first-order valence-corrected chi connectivity index (χ1v) is 13.0. The number of rotatable bonds is 5. The van der Waals surface area contributed by atoms with Gasteiger partial charge >= 0.3 is 12.1 Å². The molecule has 2 aromatic heterocycles. The van der Waals surface area contributed by atoms with Gasteiger partial charge in [-0.25, -0.2) is 19.6 Å². The molecular weight excluding hydrogens is 482 g/mol. The van der Waals surface area contributed by atoms with Gasteiger partial charge < -0.3 is 19.7 Å². The van der Waals surface area contributed by atoms with E-state index in [0.717, 1.165) is 53.9 Å². The Balaban J connectivity index is 1.37. The Morgan fingerprint density at radius 1 is 1.08 bits per heavy atom. The van der Waals surface area contributed by atoms with Crippen LogP contribution in [0.15, 0.2) is 54.9 Å². The van der Waals surface area contributed by atoms with Crippen LogP contribution in [0.1, 0.15) is 50.9 Å². The summed E-state index contributed by atoms with van der Waals surface area (Å²) in [5.41, 5.74) is 3.49. The molecule has 198 valence electrons. The summed E-state index contributed by atoms with van der Waals surface area (Å²) >= 11 is 0. The minimum absolute atomic E-state index is 0.0800. The standard InChI is InChI=1S/C29H33N5O4/c1-5-37-27(35)20-9-11-23-22(17-20)30-18-34(23)25-12-10-19-7-6-8-24(26(19)32-25)33-15-13-21(14-16-33)31-28(36)38-29(2,3)4/h6-12,17-18,21H,5,13-16H2,1-4H3,(H,31,36). The molecule has 2 aromatic carbocycles. The lowest BCUT2D eigenvalue weighted by Crippen LogP contribution is -2.46. The largest absolute Gasteiger partial charge is 0.462 e. The number of alkyl carbamates (subject to hydrolysis) is 1. The number of imidazole rings is 1. The lowest BCUT2D eigenvalue weighted by molar-refractivity contribution is 0.0493. The van der Waals surface area contributed by atoms with Crippen molar-refractivity contribution in [2.45, 2.75) is 52.2 Å². The molecule has 0 unspecified atom stereocenters. The number of benzene rings is 2. The first-order valence-electron chi connectivity index (χ1n) is 13.0. The molecule has 3 heterocycles. The Bertz CT molecular complexity index is 1480. The molecule has 1 aliphatic rings. The monoisotopic (exact) mass is 515 g/mol. The van der Waals surface area contributed by atoms with E-state index in [1.807, 2.05) is 43.5 Å². The molecule has 0 aliphatic carbocycles. The van der Waals surface area contributed by atoms with Crippen molar-refractivity contribution in [3.8, 4) is 5.82 Å². The van der Waals surface area contributed by atoms with Crippen LogP contribution in [-0.4, -0.2) is 57.9 Å². The molecule has 1 amide bonds. The molecule has 9 nitrogen and oxygen atoms in total. The Labute approximate surface area is 221 Å². The van der Waals surface area contributed by atoms with E-state index >= 15 is 0 Å². The van der Waals surface area contributed by atoms with E-state index in [-0.39, 0.29) is 18.1 Å². The summed E-state index contributed by atoms with van der Waals surface area (Å²) < 4.78 is 12.5. The number of pyridine rings is 1. The second-order valence-corrected chi connectivity index (χ2v) is 10.5. The molecule has 38 heavy (non-hydrogen) atoms. The topological polar surface area (TPSA) is 98.6 Å². The second kappa shape index (κ2) is 10.3. The summed E-state index contributed by atoms with van der Waals surface area (Å²) in [5, 5.41) is 4.05. The predicted octanol–water partition coefficient (Wildman–Crippen LogP) is 5.24. The maximum Gasteiger partial charge on any atom is 0.407 e. The van der Waals surface area contributed by atoms with Crippen LogP contribution in [0.3, 0.4) is 0 Å². The number of amides is 1. The Morgan fingerprint density at radius 3 is 2.61 bits per heavy atom. The van der Waals surface area contributed by atoms with Crippen LogP contribution >= 0.6 is 0 Å². The zero-order chi connectivity index (χ0) is 26.9. The maximum absolute atomic E-state index is 12.2. The molecule has 0 atom stereocenters. The van der Waals surface area contributed by atoms with Crippen molar-refractivity contribution in [2.75, 3.05) is 24.6 Å². The normalized spacial score (nSPS) is 14.6. The number of hydrogen-bond donors (Lipinski definition) is 1. The van der Waals surface area contributed by atoms with Gasteiger partial charge in [0, 0.05) is 24.5 Å². The summed E-state index contributed by atoms with van der Waals surface area (Å²) in [5.74, 6) is 0.389. The molecule has 9 heteroatoms. The number of fused-ring (bicyclic) bond motifs is 2. The van der Waals surface area contributed by atoms with Gasteiger partial charge in [0.2, 0.25) is 0 Å². The molecule has 4 aromatic rings. The summed E-state index contributed by atoms with van der Waals surface area (Å²) in [7, 11) is 0. The number of esters is 1. The predicted molar refractivity (Wildman–Crippen MR) is 147 cm³/mol. The zero-order valence-electron chi connectivity index (χ0n) is 22.2. The van der Waals surface area contributed by atoms with Gasteiger partial charge in [0.15, 0.2) is 0 Å². The third kappa shape index (κ3) is 5.41. The fourth-order valence-corrected chi connectivity index (χ4v) is 4.79. The van der Waals surface area contributed by atoms with E-state index in [1.54, 1.807) is 25.4 Å². The molecule has 1 fully saturated rings. The number of nitrogens with one attached hydrogen (secondary N) is 1. The lowest BCUT2D eigenvalue weighted by atomic mass is 10.0. The highest BCUT2D eigenvalue weighted by atomic mass is 16.6. The molecule has 0 spiro atoms. The average molecular weight is 516 g/mol. The van der Waals surface area contributed by atoms with E-state index in [4.69, 9.17) is 14.5 Å². The van der Waals surface area contributed by atoms with Crippen molar-refractivity contribution < 1.29 is 19.1 Å². The van der Waals surface area contributed by atoms with Crippen molar-refractivity contribution in [1.29, 1.82) is 0 Å². The number of piperidine rings is 1. The van der Waals surface area contributed by atoms with Gasteiger partial charge in [-0.1, -0.05) is 12.1 Å². The first kappa shape index (κ1) is 25.5. The highest BCUT2D eigenvalue weighted by Crippen LogP contribution is 2.29. The number of nitrogens with zero attached hydrogens (tertiary/aromatic N) is 4. The van der Waals surface area contributed by atoms with E-state index in [1.165, 1.54) is 0 Å². The molecule has 1 N–H and O–H groups in total. The van der Waals surface area contributed by atoms with Crippen LogP contribution in [0.25, 0.3) is 27.8 Å². The van der Waals surface area contributed by atoms with Gasteiger partial charge in [-0.2, -0.15) is 0 Å². The van der Waals surface area contributed by atoms with Crippen LogP contribution < -0.4 is 10.2 Å². The van der Waals surface area contributed by atoms with Gasteiger partial charge in [0.1, 0.15) is 17.7 Å². The van der Waals surface area contributed by atoms with Crippen molar-refractivity contribution in [2.24, 2.45) is 0 Å². The molecule has 0 bridgehead atoms. The number of carbonyl (C=O) groups excluding carboxylic acids is 2. The fraction of sp³-hybridized carbons (Fsp3) is 0.379. The summed E-state index contributed by atoms with van der Waals surface area (Å²) in [6.45, 7) is 9.31. The number of ether oxygens (including phenoxy) is 2. The van der Waals surface area contributed by atoms with Gasteiger partial charge in [-0.3, -0.25) is 4.57 Å². The van der Waals surface area contributed by atoms with Crippen molar-refractivity contribution in [3.05, 3.63) is 60.4 Å². The van der Waals surface area contributed by atoms with Gasteiger partial charge in [-0.15, -0.1) is 0 Å². The minimum Gasteiger partial charge on any atom is -0.462 e. The third-order valence-corrected chi connectivity index (χ3v) is 6.55. The molecule has 0 radical (unpaired) electrons. The van der Waals surface area contributed by atoms with Crippen molar-refractivity contribution >= 4 is 39.7 Å². The zero-order valence-corrected chi connectivity index (χ0v) is 22.2. The molecule has 1 aliphatic heterocycles. The van der Waals surface area contributed by atoms with Crippen molar-refractivity contribution in [1.82, 2.24) is 19.9 Å². The number of carbonyl (C=O) groups is 2. The van der Waals surface area contributed by atoms with E-state index in [2.05, 4.69) is 33.4 Å². The average Bonchev–Trinajstić information content (AvgIpc) is 3.31. The SMILES string of the molecule is CCOC(=O)c1ccc2c(c1)ncn2-c1ccc2cccc(N3CCC(NC(=O)OC(C)(C)C)CC3)c2n1. The van der Waals surface area contributed by atoms with Crippen LogP contribution in [0.4, 0.5) is 10.5 Å². The highest BCUT2D eigenvalue weighted by molar-refractivity contribution is 5.94. The summed E-state index contributed by atoms with van der Waals surface area (Å²) in [6, 6.07) is 15.7. The highest BCUT2D eigenvalue weighted by Gasteiger charge is 2.25. The Morgan fingerprint density at radius 2 is 1.87 bits per heavy atom. The molecule has 5 rings (SSSR count). The second-order valence-electron chi connectivity index (χ2n) is 10.5. The fourth-order valence-electron chi connectivity index (χ4n) is 4.79. The smallest absolute Gasteiger partial charge is 0.407 e. The number of aromatic nitrogens is 3. The Kier molecular flexibility index (Phi) is 6.93. The third-order valence-electron chi connectivity index (χ3n) is 6.55. The number of para-hydroxylation sites is 1.